The van der Waals surface area contributed by atoms with Crippen LogP contribution in [0.2, 0.25) is 5.02 Å². The molecule has 2 aliphatic heterocycles. The van der Waals surface area contributed by atoms with Gasteiger partial charge in [0.25, 0.3) is 0 Å². The Morgan fingerprint density at radius 1 is 0.923 bits per heavy atom. The summed E-state index contributed by atoms with van der Waals surface area (Å²) in [6.07, 6.45) is 0. The van der Waals surface area contributed by atoms with Crippen LogP contribution in [0.5, 0.6) is 0 Å². The Hall–Kier alpha value is -2.05. The quantitative estimate of drug-likeness (QED) is 0.736. The molecule has 2 aromatic rings. The van der Waals surface area contributed by atoms with E-state index in [-0.39, 0.29) is 17.5 Å². The molecule has 2 atom stereocenters. The highest BCUT2D eigenvalue weighted by Gasteiger charge is 2.54. The molecule has 5 nitrogen and oxygen atoms in total. The van der Waals surface area contributed by atoms with E-state index in [0.717, 1.165) is 16.8 Å². The zero-order valence-corrected chi connectivity index (χ0v) is 16.1. The van der Waals surface area contributed by atoms with Crippen molar-refractivity contribution >= 4 is 38.8 Å². The van der Waals surface area contributed by atoms with E-state index in [0.29, 0.717) is 10.7 Å². The van der Waals surface area contributed by atoms with E-state index in [1.807, 2.05) is 32.0 Å². The summed E-state index contributed by atoms with van der Waals surface area (Å²) >= 11 is 6.10. The average molecular weight is 391 g/mol. The largest absolute Gasteiger partial charge is 0.329 e. The molecule has 2 unspecified atom stereocenters. The van der Waals surface area contributed by atoms with E-state index >= 15 is 0 Å². The standard InChI is InChI=1S/C19H19ClN2O3S/c1-12-6-13(2)8-16(7-12)22-18-11-26(24,25)10-17(18)21(19(22)23)15-5-3-4-14(20)9-15/h3-9,17-18H,10-11H2,1-2H3. The van der Waals surface area contributed by atoms with Crippen molar-refractivity contribution in [2.24, 2.45) is 0 Å². The Balaban J connectivity index is 1.84. The molecule has 2 amide bonds. The second-order valence-electron chi connectivity index (χ2n) is 7.06. The molecule has 0 radical (unpaired) electrons. The van der Waals surface area contributed by atoms with Gasteiger partial charge in [-0.2, -0.15) is 0 Å². The lowest BCUT2D eigenvalue weighted by molar-refractivity contribution is 0.255. The molecule has 4 rings (SSSR count). The minimum Gasteiger partial charge on any atom is -0.288 e. The highest BCUT2D eigenvalue weighted by Crippen LogP contribution is 2.38. The van der Waals surface area contributed by atoms with Crippen molar-refractivity contribution in [1.82, 2.24) is 0 Å². The van der Waals surface area contributed by atoms with Gasteiger partial charge < -0.3 is 0 Å². The van der Waals surface area contributed by atoms with Gasteiger partial charge in [0.05, 0.1) is 23.6 Å². The number of carbonyl (C=O) groups is 1. The van der Waals surface area contributed by atoms with Gasteiger partial charge in [-0.05, 0) is 55.3 Å². The first-order valence-electron chi connectivity index (χ1n) is 8.42. The lowest BCUT2D eigenvalue weighted by Crippen LogP contribution is -2.38. The summed E-state index contributed by atoms with van der Waals surface area (Å²) in [6.45, 7) is 3.93. The van der Waals surface area contributed by atoms with Crippen LogP contribution in [0.25, 0.3) is 0 Å². The van der Waals surface area contributed by atoms with E-state index in [9.17, 15) is 13.2 Å². The van der Waals surface area contributed by atoms with Crippen LogP contribution in [-0.4, -0.2) is 38.0 Å². The number of nitrogens with zero attached hydrogens (tertiary/aromatic N) is 2. The number of hydrogen-bond donors (Lipinski definition) is 0. The molecule has 0 aliphatic carbocycles. The molecular formula is C19H19ClN2O3S. The third-order valence-electron chi connectivity index (χ3n) is 4.94. The molecule has 26 heavy (non-hydrogen) atoms. The van der Waals surface area contributed by atoms with Gasteiger partial charge >= 0.3 is 6.03 Å². The summed E-state index contributed by atoms with van der Waals surface area (Å²) in [7, 11) is -3.21. The summed E-state index contributed by atoms with van der Waals surface area (Å²) in [6, 6.07) is 11.9. The van der Waals surface area contributed by atoms with Crippen molar-refractivity contribution in [2.75, 3.05) is 21.3 Å². The van der Waals surface area contributed by atoms with Gasteiger partial charge in [-0.15, -0.1) is 0 Å². The lowest BCUT2D eigenvalue weighted by Gasteiger charge is -2.23. The lowest BCUT2D eigenvalue weighted by atomic mass is 10.1. The van der Waals surface area contributed by atoms with Crippen LogP contribution in [0.3, 0.4) is 0 Å². The minimum absolute atomic E-state index is 0.0204. The molecule has 2 aromatic carbocycles. The van der Waals surface area contributed by atoms with Gasteiger partial charge in [0.2, 0.25) is 0 Å². The number of anilines is 2. The number of rotatable bonds is 2. The second-order valence-corrected chi connectivity index (χ2v) is 9.65. The van der Waals surface area contributed by atoms with Crippen LogP contribution in [0.4, 0.5) is 16.2 Å². The molecule has 0 spiro atoms. The van der Waals surface area contributed by atoms with Crippen LogP contribution in [0.1, 0.15) is 11.1 Å². The summed E-state index contributed by atoms with van der Waals surface area (Å²) in [5, 5.41) is 0.512. The third kappa shape index (κ3) is 2.87. The van der Waals surface area contributed by atoms with Crippen molar-refractivity contribution in [2.45, 2.75) is 25.9 Å². The Morgan fingerprint density at radius 2 is 1.50 bits per heavy atom. The van der Waals surface area contributed by atoms with Gasteiger partial charge in [-0.25, -0.2) is 13.2 Å². The Bertz CT molecular complexity index is 985. The Kier molecular flexibility index (Phi) is 4.00. The maximum atomic E-state index is 13.3. The maximum absolute atomic E-state index is 13.3. The van der Waals surface area contributed by atoms with Gasteiger partial charge in [-0.1, -0.05) is 23.7 Å². The number of amides is 2. The highest BCUT2D eigenvalue weighted by atomic mass is 35.5. The van der Waals surface area contributed by atoms with Crippen LogP contribution in [-0.2, 0) is 9.84 Å². The molecule has 2 heterocycles. The van der Waals surface area contributed by atoms with E-state index in [1.54, 1.807) is 34.1 Å². The average Bonchev–Trinajstić information content (AvgIpc) is 2.94. The molecule has 0 aromatic heterocycles. The summed E-state index contributed by atoms with van der Waals surface area (Å²) < 4.78 is 24.6. The smallest absolute Gasteiger partial charge is 0.288 e. The fourth-order valence-corrected chi connectivity index (χ4v) is 6.13. The van der Waals surface area contributed by atoms with Crippen molar-refractivity contribution in [3.05, 3.63) is 58.6 Å². The number of hydrogen-bond acceptors (Lipinski definition) is 3. The predicted molar refractivity (Wildman–Crippen MR) is 104 cm³/mol. The number of urea groups is 1. The minimum atomic E-state index is -3.21. The van der Waals surface area contributed by atoms with Crippen LogP contribution >= 0.6 is 11.6 Å². The molecule has 136 valence electrons. The fourth-order valence-electron chi connectivity index (χ4n) is 4.02. The first kappa shape index (κ1) is 17.4. The summed E-state index contributed by atoms with van der Waals surface area (Å²) in [5.74, 6) is -0.0509. The van der Waals surface area contributed by atoms with E-state index < -0.39 is 21.9 Å². The maximum Gasteiger partial charge on any atom is 0.329 e. The zero-order valence-electron chi connectivity index (χ0n) is 14.5. The van der Waals surface area contributed by atoms with Crippen molar-refractivity contribution in [1.29, 1.82) is 0 Å². The second kappa shape index (κ2) is 5.99. The van der Waals surface area contributed by atoms with Gasteiger partial charge in [0, 0.05) is 16.4 Å². The zero-order chi connectivity index (χ0) is 18.6. The monoisotopic (exact) mass is 390 g/mol. The van der Waals surface area contributed by atoms with Crippen molar-refractivity contribution in [3.8, 4) is 0 Å². The SMILES string of the molecule is Cc1cc(C)cc(N2C(=O)N(c3cccc(Cl)c3)C3CS(=O)(=O)CC32)c1. The highest BCUT2D eigenvalue weighted by molar-refractivity contribution is 7.91. The van der Waals surface area contributed by atoms with E-state index in [2.05, 4.69) is 0 Å². The third-order valence-corrected chi connectivity index (χ3v) is 6.87. The van der Waals surface area contributed by atoms with Crippen LogP contribution < -0.4 is 9.80 Å². The van der Waals surface area contributed by atoms with Crippen molar-refractivity contribution in [3.63, 3.8) is 0 Å². The number of halogens is 1. The van der Waals surface area contributed by atoms with E-state index in [1.165, 1.54) is 0 Å². The molecular weight excluding hydrogens is 372 g/mol. The number of carbonyl (C=O) groups excluding carboxylic acids is 1. The summed E-state index contributed by atoms with van der Waals surface area (Å²) in [5.41, 5.74) is 3.43. The van der Waals surface area contributed by atoms with Crippen LogP contribution in [0.15, 0.2) is 42.5 Å². The van der Waals surface area contributed by atoms with E-state index in [4.69, 9.17) is 11.6 Å². The first-order chi connectivity index (χ1) is 12.2. The number of sulfone groups is 1. The molecule has 2 aliphatic rings. The molecule has 0 bridgehead atoms. The van der Waals surface area contributed by atoms with Crippen LogP contribution in [0, 0.1) is 13.8 Å². The summed E-state index contributed by atoms with van der Waals surface area (Å²) in [4.78, 5) is 16.5. The Labute approximate surface area is 158 Å². The van der Waals surface area contributed by atoms with Gasteiger partial charge in [0.1, 0.15) is 0 Å². The molecule has 0 N–H and O–H groups in total. The van der Waals surface area contributed by atoms with Gasteiger partial charge in [-0.3, -0.25) is 9.80 Å². The number of aryl methyl sites for hydroxylation is 2. The first-order valence-corrected chi connectivity index (χ1v) is 10.6. The predicted octanol–water partition coefficient (Wildman–Crippen LogP) is 3.57. The molecule has 0 saturated carbocycles. The topological polar surface area (TPSA) is 57.7 Å². The fraction of sp³-hybridized carbons (Fsp3) is 0.316. The molecule has 2 fully saturated rings. The number of benzene rings is 2. The van der Waals surface area contributed by atoms with Gasteiger partial charge in [0.15, 0.2) is 9.84 Å². The normalized spacial score (nSPS) is 24.2. The molecule has 2 saturated heterocycles. The number of fused-ring (bicyclic) bond motifs is 1. The van der Waals surface area contributed by atoms with Crippen molar-refractivity contribution < 1.29 is 13.2 Å². The Morgan fingerprint density at radius 3 is 2.08 bits per heavy atom. The molecule has 7 heteroatoms.